The minimum atomic E-state index is -0.780. The third-order valence-corrected chi connectivity index (χ3v) is 5.34. The monoisotopic (exact) mass is 289 g/mol. The second kappa shape index (κ2) is 4.80. The summed E-state index contributed by atoms with van der Waals surface area (Å²) in [7, 11) is 0. The van der Waals surface area contributed by atoms with Crippen LogP contribution in [0.4, 0.5) is 0 Å². The molecule has 1 aromatic rings. The van der Waals surface area contributed by atoms with Crippen molar-refractivity contribution in [2.24, 2.45) is 11.3 Å². The molecule has 1 spiro atoms. The zero-order valence-electron chi connectivity index (χ0n) is 13.6. The zero-order chi connectivity index (χ0) is 15.3. The Labute approximate surface area is 127 Å². The predicted molar refractivity (Wildman–Crippen MR) is 83.2 cm³/mol. The Morgan fingerprint density at radius 2 is 1.95 bits per heavy atom. The lowest BCUT2D eigenvalue weighted by atomic mass is 9.65. The van der Waals surface area contributed by atoms with Gasteiger partial charge in [-0.05, 0) is 43.1 Å². The van der Waals surface area contributed by atoms with Gasteiger partial charge in [0.15, 0.2) is 5.72 Å². The van der Waals surface area contributed by atoms with Crippen molar-refractivity contribution >= 4 is 0 Å². The van der Waals surface area contributed by atoms with Crippen LogP contribution in [0.5, 0.6) is 0 Å². The SMILES string of the molecule is CC(C)(C)[C@H]1CC[C@]2(ON2Cc2ccccc2)[C@](C)(O)C1. The van der Waals surface area contributed by atoms with E-state index in [9.17, 15) is 5.11 Å². The van der Waals surface area contributed by atoms with Crippen LogP contribution in [0.15, 0.2) is 30.3 Å². The summed E-state index contributed by atoms with van der Waals surface area (Å²) in [6.45, 7) is 9.48. The number of hydrogen-bond donors (Lipinski definition) is 1. The topological polar surface area (TPSA) is 35.8 Å². The van der Waals surface area contributed by atoms with Crippen molar-refractivity contribution in [3.8, 4) is 0 Å². The molecule has 0 radical (unpaired) electrons. The number of hydrogen-bond acceptors (Lipinski definition) is 3. The maximum Gasteiger partial charge on any atom is 0.193 e. The van der Waals surface area contributed by atoms with Crippen molar-refractivity contribution in [1.29, 1.82) is 0 Å². The van der Waals surface area contributed by atoms with Crippen LogP contribution in [0.25, 0.3) is 0 Å². The maximum atomic E-state index is 11.0. The normalized spacial score (nSPS) is 39.5. The molecule has 2 fully saturated rings. The lowest BCUT2D eigenvalue weighted by Crippen LogP contribution is -2.52. The van der Waals surface area contributed by atoms with E-state index in [2.05, 4.69) is 32.9 Å². The summed E-state index contributed by atoms with van der Waals surface area (Å²) >= 11 is 0. The molecule has 3 nitrogen and oxygen atoms in total. The molecule has 2 aliphatic rings. The molecule has 1 aliphatic heterocycles. The van der Waals surface area contributed by atoms with Gasteiger partial charge >= 0.3 is 0 Å². The van der Waals surface area contributed by atoms with Gasteiger partial charge in [-0.15, -0.1) is 5.06 Å². The van der Waals surface area contributed by atoms with E-state index in [1.54, 1.807) is 0 Å². The van der Waals surface area contributed by atoms with Crippen LogP contribution in [-0.2, 0) is 11.4 Å². The maximum absolute atomic E-state index is 11.0. The van der Waals surface area contributed by atoms with Crippen LogP contribution in [0.1, 0.15) is 52.5 Å². The van der Waals surface area contributed by atoms with Crippen LogP contribution < -0.4 is 0 Å². The van der Waals surface area contributed by atoms with Gasteiger partial charge in [0, 0.05) is 0 Å². The number of rotatable bonds is 2. The zero-order valence-corrected chi connectivity index (χ0v) is 13.6. The number of aliphatic hydroxyl groups is 1. The Kier molecular flexibility index (Phi) is 3.43. The fourth-order valence-electron chi connectivity index (χ4n) is 3.73. The fraction of sp³-hybridized carbons (Fsp3) is 0.667. The first kappa shape index (κ1) is 15.0. The minimum absolute atomic E-state index is 0.241. The molecule has 1 aliphatic carbocycles. The Morgan fingerprint density at radius 3 is 2.52 bits per heavy atom. The van der Waals surface area contributed by atoms with Crippen molar-refractivity contribution in [1.82, 2.24) is 5.06 Å². The first-order valence-corrected chi connectivity index (χ1v) is 7.98. The van der Waals surface area contributed by atoms with E-state index in [1.807, 2.05) is 30.2 Å². The summed E-state index contributed by atoms with van der Waals surface area (Å²) in [6, 6.07) is 10.3. The lowest BCUT2D eigenvalue weighted by molar-refractivity contribution is -0.0869. The Bertz CT molecular complexity index is 506. The molecule has 21 heavy (non-hydrogen) atoms. The van der Waals surface area contributed by atoms with E-state index in [4.69, 9.17) is 4.84 Å². The highest BCUT2D eigenvalue weighted by atomic mass is 16.9. The number of nitrogens with zero attached hydrogens (tertiary/aromatic N) is 1. The van der Waals surface area contributed by atoms with E-state index in [1.165, 1.54) is 5.56 Å². The summed E-state index contributed by atoms with van der Waals surface area (Å²) in [4.78, 5) is 5.91. The van der Waals surface area contributed by atoms with Crippen LogP contribution in [-0.4, -0.2) is 21.5 Å². The molecule has 1 N–H and O–H groups in total. The van der Waals surface area contributed by atoms with E-state index < -0.39 is 11.3 Å². The highest BCUT2D eigenvalue weighted by Crippen LogP contribution is 2.56. The van der Waals surface area contributed by atoms with Crippen molar-refractivity contribution in [2.75, 3.05) is 0 Å². The van der Waals surface area contributed by atoms with Gasteiger partial charge in [-0.25, -0.2) is 0 Å². The number of benzene rings is 1. The molecule has 3 heteroatoms. The molecule has 1 aromatic carbocycles. The fourth-order valence-corrected chi connectivity index (χ4v) is 3.73. The van der Waals surface area contributed by atoms with Crippen molar-refractivity contribution < 1.29 is 9.94 Å². The summed E-state index contributed by atoms with van der Waals surface area (Å²) in [5.41, 5.74) is 0.218. The van der Waals surface area contributed by atoms with Gasteiger partial charge in [-0.1, -0.05) is 51.1 Å². The number of hydroxylamine groups is 2. The molecule has 1 heterocycles. The summed E-state index contributed by atoms with van der Waals surface area (Å²) in [6.07, 6.45) is 2.83. The predicted octanol–water partition coefficient (Wildman–Crippen LogP) is 3.73. The smallest absolute Gasteiger partial charge is 0.193 e. The summed E-state index contributed by atoms with van der Waals surface area (Å²) in [5.74, 6) is 0.543. The van der Waals surface area contributed by atoms with Gasteiger partial charge in [-0.2, -0.15) is 0 Å². The average molecular weight is 289 g/mol. The Morgan fingerprint density at radius 1 is 1.29 bits per heavy atom. The Balaban J connectivity index is 1.70. The lowest BCUT2D eigenvalue weighted by Gasteiger charge is -2.43. The third-order valence-electron chi connectivity index (χ3n) is 5.34. The van der Waals surface area contributed by atoms with Crippen LogP contribution in [0.2, 0.25) is 0 Å². The molecule has 1 saturated heterocycles. The van der Waals surface area contributed by atoms with E-state index in [-0.39, 0.29) is 5.41 Å². The van der Waals surface area contributed by atoms with Crippen molar-refractivity contribution in [3.63, 3.8) is 0 Å². The molecule has 0 amide bonds. The van der Waals surface area contributed by atoms with Crippen LogP contribution in [0, 0.1) is 11.3 Å². The van der Waals surface area contributed by atoms with Crippen molar-refractivity contribution in [3.05, 3.63) is 35.9 Å². The quantitative estimate of drug-likeness (QED) is 0.843. The summed E-state index contributed by atoms with van der Waals surface area (Å²) < 4.78 is 0. The molecule has 3 rings (SSSR count). The molecule has 4 atom stereocenters. The van der Waals surface area contributed by atoms with E-state index in [0.29, 0.717) is 5.92 Å². The molecular formula is C18H27NO2. The average Bonchev–Trinajstić information content (AvgIpc) is 3.08. The third kappa shape index (κ3) is 2.63. The highest BCUT2D eigenvalue weighted by Gasteiger charge is 2.68. The van der Waals surface area contributed by atoms with Gasteiger partial charge in [-0.3, -0.25) is 4.84 Å². The largest absolute Gasteiger partial charge is 0.386 e. The second-order valence-electron chi connectivity index (χ2n) is 7.98. The molecular weight excluding hydrogens is 262 g/mol. The van der Waals surface area contributed by atoms with Gasteiger partial charge in [0.25, 0.3) is 0 Å². The minimum Gasteiger partial charge on any atom is -0.386 e. The van der Waals surface area contributed by atoms with Crippen LogP contribution >= 0.6 is 0 Å². The molecule has 116 valence electrons. The highest BCUT2D eigenvalue weighted by molar-refractivity contribution is 5.17. The van der Waals surface area contributed by atoms with Gasteiger partial charge in [0.05, 0.1) is 6.54 Å². The Hall–Kier alpha value is -0.900. The standard InChI is InChI=1S/C18H27NO2/c1-16(2,3)15-10-11-18(17(4,20)12-15)19(21-18)13-14-8-6-5-7-9-14/h5-9,15,20H,10-13H2,1-4H3/t15-,17+,18-,19?/m0/s1. The van der Waals surface area contributed by atoms with E-state index in [0.717, 1.165) is 25.8 Å². The first-order chi connectivity index (χ1) is 9.75. The van der Waals surface area contributed by atoms with Crippen LogP contribution in [0.3, 0.4) is 0 Å². The van der Waals surface area contributed by atoms with Gasteiger partial charge < -0.3 is 5.11 Å². The van der Waals surface area contributed by atoms with Gasteiger partial charge in [0.1, 0.15) is 5.60 Å². The van der Waals surface area contributed by atoms with Gasteiger partial charge in [0.2, 0.25) is 0 Å². The molecule has 0 bridgehead atoms. The van der Waals surface area contributed by atoms with E-state index >= 15 is 0 Å². The summed E-state index contributed by atoms with van der Waals surface area (Å²) in [5, 5.41) is 13.0. The molecule has 1 saturated carbocycles. The molecule has 0 aromatic heterocycles. The first-order valence-electron chi connectivity index (χ1n) is 7.98. The second-order valence-corrected chi connectivity index (χ2v) is 7.98. The van der Waals surface area contributed by atoms with Crippen molar-refractivity contribution in [2.45, 2.75) is 64.8 Å². The molecule has 1 unspecified atom stereocenters.